The summed E-state index contributed by atoms with van der Waals surface area (Å²) in [6.45, 7) is 7.72. The summed E-state index contributed by atoms with van der Waals surface area (Å²) in [6.07, 6.45) is -1.92. The smallest absolute Gasteiger partial charge is 0.315 e. The van der Waals surface area contributed by atoms with E-state index in [1.54, 1.807) is 0 Å². The largest absolute Gasteiger partial charge is 0.435 e. The first-order valence-electron chi connectivity index (χ1n) is 9.36. The third kappa shape index (κ3) is 4.47. The van der Waals surface area contributed by atoms with Crippen LogP contribution in [0.3, 0.4) is 0 Å². The molecule has 2 aromatic rings. The van der Waals surface area contributed by atoms with Crippen molar-refractivity contribution in [2.24, 2.45) is 11.3 Å². The second-order valence-corrected chi connectivity index (χ2v) is 9.61. The summed E-state index contributed by atoms with van der Waals surface area (Å²) < 4.78 is 39.4. The summed E-state index contributed by atoms with van der Waals surface area (Å²) in [5.41, 5.74) is 0.833. The molecule has 2 heterocycles. The number of nitrogens with zero attached hydrogens (tertiary/aromatic N) is 3. The number of anilines is 1. The fourth-order valence-electron chi connectivity index (χ4n) is 3.64. The van der Waals surface area contributed by atoms with Crippen LogP contribution in [0.25, 0.3) is 0 Å². The number of nitriles is 1. The summed E-state index contributed by atoms with van der Waals surface area (Å²) in [4.78, 5) is 13.6. The van der Waals surface area contributed by atoms with E-state index in [4.69, 9.17) is 0 Å². The first-order valence-corrected chi connectivity index (χ1v) is 10.2. The van der Waals surface area contributed by atoms with Crippen molar-refractivity contribution < 1.29 is 18.0 Å². The van der Waals surface area contributed by atoms with Crippen molar-refractivity contribution in [1.82, 2.24) is 9.78 Å². The Hall–Kier alpha value is -2.34. The molecule has 0 fully saturated rings. The Morgan fingerprint density at radius 2 is 2.10 bits per heavy atom. The van der Waals surface area contributed by atoms with Gasteiger partial charge in [-0.3, -0.25) is 9.48 Å². The third-order valence-electron chi connectivity index (χ3n) is 5.42. The molecule has 0 aromatic carbocycles. The molecule has 156 valence electrons. The van der Waals surface area contributed by atoms with E-state index in [9.17, 15) is 23.2 Å². The number of hydrogen-bond donors (Lipinski definition) is 1. The van der Waals surface area contributed by atoms with E-state index >= 15 is 0 Å². The monoisotopic (exact) mass is 424 g/mol. The molecule has 1 atom stereocenters. The van der Waals surface area contributed by atoms with Gasteiger partial charge >= 0.3 is 6.18 Å². The highest BCUT2D eigenvalue weighted by molar-refractivity contribution is 7.16. The van der Waals surface area contributed by atoms with Gasteiger partial charge in [0, 0.05) is 10.6 Å². The van der Waals surface area contributed by atoms with Crippen LogP contribution in [0.4, 0.5) is 18.2 Å². The fourth-order valence-corrected chi connectivity index (χ4v) is 4.94. The van der Waals surface area contributed by atoms with Gasteiger partial charge in [0.05, 0.1) is 5.56 Å². The van der Waals surface area contributed by atoms with Crippen LogP contribution >= 0.6 is 11.3 Å². The van der Waals surface area contributed by atoms with Gasteiger partial charge in [-0.05, 0) is 49.1 Å². The minimum atomic E-state index is -4.56. The fraction of sp³-hybridized carbons (Fsp3) is 0.550. The molecule has 29 heavy (non-hydrogen) atoms. The van der Waals surface area contributed by atoms with E-state index in [-0.39, 0.29) is 17.7 Å². The second kappa shape index (κ2) is 7.48. The maximum atomic E-state index is 12.8. The predicted octanol–water partition coefficient (Wildman–Crippen LogP) is 4.93. The number of aryl methyl sites for hydroxylation is 1. The molecule has 0 spiro atoms. The number of thiophene rings is 1. The van der Waals surface area contributed by atoms with Gasteiger partial charge in [0.25, 0.3) is 0 Å². The van der Waals surface area contributed by atoms with Gasteiger partial charge in [-0.2, -0.15) is 23.5 Å². The van der Waals surface area contributed by atoms with Crippen molar-refractivity contribution in [1.29, 1.82) is 5.26 Å². The zero-order valence-electron chi connectivity index (χ0n) is 16.8. The summed E-state index contributed by atoms with van der Waals surface area (Å²) in [5.74, 6) is -0.0105. The van der Waals surface area contributed by atoms with Gasteiger partial charge in [0.2, 0.25) is 5.91 Å². The van der Waals surface area contributed by atoms with Gasteiger partial charge in [0.1, 0.15) is 17.6 Å². The zero-order valence-corrected chi connectivity index (χ0v) is 17.6. The molecule has 0 radical (unpaired) electrons. The summed E-state index contributed by atoms with van der Waals surface area (Å²) in [7, 11) is 0. The van der Waals surface area contributed by atoms with Crippen LogP contribution in [-0.4, -0.2) is 15.7 Å². The maximum Gasteiger partial charge on any atom is 0.435 e. The van der Waals surface area contributed by atoms with E-state index in [1.807, 2.05) is 0 Å². The Morgan fingerprint density at radius 3 is 2.66 bits per heavy atom. The normalized spacial score (nSPS) is 17.0. The van der Waals surface area contributed by atoms with Crippen molar-refractivity contribution in [3.05, 3.63) is 33.5 Å². The first-order chi connectivity index (χ1) is 13.4. The Balaban J connectivity index is 1.78. The predicted molar refractivity (Wildman–Crippen MR) is 105 cm³/mol. The SMILES string of the molecule is Cc1cc(C(F)(F)F)nn1CC(=O)Nc1sc2c(c1C#N)CC[C@H](C(C)(C)C)C2. The number of aromatic nitrogens is 2. The number of hydrogen-bond acceptors (Lipinski definition) is 4. The number of amides is 1. The lowest BCUT2D eigenvalue weighted by Gasteiger charge is -2.33. The molecular weight excluding hydrogens is 401 g/mol. The molecule has 3 rings (SSSR count). The molecule has 1 amide bonds. The summed E-state index contributed by atoms with van der Waals surface area (Å²) >= 11 is 1.39. The lowest BCUT2D eigenvalue weighted by molar-refractivity contribution is -0.141. The van der Waals surface area contributed by atoms with Crippen LogP contribution < -0.4 is 5.32 Å². The van der Waals surface area contributed by atoms with Gasteiger partial charge in [0.15, 0.2) is 5.69 Å². The highest BCUT2D eigenvalue weighted by Crippen LogP contribution is 2.44. The Morgan fingerprint density at radius 1 is 1.41 bits per heavy atom. The zero-order chi connectivity index (χ0) is 21.6. The van der Waals surface area contributed by atoms with Gasteiger partial charge in [-0.25, -0.2) is 0 Å². The van der Waals surface area contributed by atoms with Gasteiger partial charge in [-0.15, -0.1) is 11.3 Å². The van der Waals surface area contributed by atoms with Crippen LogP contribution in [0, 0.1) is 29.6 Å². The standard InChI is InChI=1S/C20H23F3N4OS/c1-11-7-16(20(21,22)23)26-27(11)10-17(28)25-18-14(9-24)13-6-5-12(19(2,3)4)8-15(13)29-18/h7,12H,5-6,8,10H2,1-4H3,(H,25,28)/t12-/m0/s1. The molecule has 0 unspecified atom stereocenters. The number of alkyl halides is 3. The molecule has 1 N–H and O–H groups in total. The summed E-state index contributed by atoms with van der Waals surface area (Å²) in [5, 5.41) is 16.2. The van der Waals surface area contributed by atoms with Crippen molar-refractivity contribution >= 4 is 22.2 Å². The molecule has 9 heteroatoms. The molecule has 0 saturated carbocycles. The number of nitrogens with one attached hydrogen (secondary N) is 1. The molecule has 1 aliphatic rings. The molecule has 0 bridgehead atoms. The van der Waals surface area contributed by atoms with Crippen LogP contribution in [0.15, 0.2) is 6.07 Å². The number of fused-ring (bicyclic) bond motifs is 1. The topological polar surface area (TPSA) is 70.7 Å². The molecule has 0 saturated heterocycles. The number of carbonyl (C=O) groups is 1. The molecule has 0 aliphatic heterocycles. The van der Waals surface area contributed by atoms with E-state index < -0.39 is 17.8 Å². The van der Waals surface area contributed by atoms with Crippen LogP contribution in [0.2, 0.25) is 0 Å². The minimum absolute atomic E-state index is 0.158. The molecular formula is C20H23F3N4OS. The average molecular weight is 424 g/mol. The Bertz CT molecular complexity index is 976. The van der Waals surface area contributed by atoms with Crippen LogP contribution in [0.5, 0.6) is 0 Å². The van der Waals surface area contributed by atoms with Crippen LogP contribution in [-0.2, 0) is 30.4 Å². The average Bonchev–Trinajstić information content (AvgIpc) is 3.13. The van der Waals surface area contributed by atoms with E-state index in [1.165, 1.54) is 18.3 Å². The van der Waals surface area contributed by atoms with Gasteiger partial charge < -0.3 is 5.32 Å². The lowest BCUT2D eigenvalue weighted by Crippen LogP contribution is -2.26. The van der Waals surface area contributed by atoms with E-state index in [0.717, 1.165) is 40.5 Å². The van der Waals surface area contributed by atoms with E-state index in [2.05, 4.69) is 37.3 Å². The Kier molecular flexibility index (Phi) is 5.52. The van der Waals surface area contributed by atoms with E-state index in [0.29, 0.717) is 16.5 Å². The number of rotatable bonds is 3. The second-order valence-electron chi connectivity index (χ2n) is 8.50. The van der Waals surface area contributed by atoms with Crippen molar-refractivity contribution in [3.63, 3.8) is 0 Å². The van der Waals surface area contributed by atoms with Crippen molar-refractivity contribution in [3.8, 4) is 6.07 Å². The Labute approximate surface area is 171 Å². The van der Waals surface area contributed by atoms with Crippen molar-refractivity contribution in [2.45, 2.75) is 59.7 Å². The molecule has 5 nitrogen and oxygen atoms in total. The summed E-state index contributed by atoms with van der Waals surface area (Å²) in [6, 6.07) is 3.09. The van der Waals surface area contributed by atoms with Crippen molar-refractivity contribution in [2.75, 3.05) is 5.32 Å². The quantitative estimate of drug-likeness (QED) is 0.759. The molecule has 1 aliphatic carbocycles. The van der Waals surface area contributed by atoms with Crippen LogP contribution in [0.1, 0.15) is 54.6 Å². The lowest BCUT2D eigenvalue weighted by atomic mass is 9.72. The number of halogens is 3. The number of carbonyl (C=O) groups excluding carboxylic acids is 1. The third-order valence-corrected chi connectivity index (χ3v) is 6.59. The first kappa shape index (κ1) is 21.4. The maximum absolute atomic E-state index is 12.8. The molecule has 2 aromatic heterocycles. The highest BCUT2D eigenvalue weighted by atomic mass is 32.1. The highest BCUT2D eigenvalue weighted by Gasteiger charge is 2.35. The van der Waals surface area contributed by atoms with Gasteiger partial charge in [-0.1, -0.05) is 20.8 Å². The minimum Gasteiger partial charge on any atom is -0.315 e.